The van der Waals surface area contributed by atoms with Crippen molar-refractivity contribution in [3.8, 4) is 5.88 Å². The first-order valence-corrected chi connectivity index (χ1v) is 5.09. The van der Waals surface area contributed by atoms with Crippen LogP contribution in [-0.2, 0) is 0 Å². The maximum absolute atomic E-state index is 5.55. The molecule has 3 nitrogen and oxygen atoms in total. The Kier molecular flexibility index (Phi) is 2.40. The van der Waals surface area contributed by atoms with Gasteiger partial charge in [-0.05, 0) is 40.8 Å². The van der Waals surface area contributed by atoms with Crippen LogP contribution in [0.2, 0.25) is 0 Å². The van der Waals surface area contributed by atoms with Gasteiger partial charge >= 0.3 is 0 Å². The molecule has 0 aliphatic heterocycles. The van der Waals surface area contributed by atoms with E-state index in [1.165, 1.54) is 12.8 Å². The zero-order valence-electron chi connectivity index (χ0n) is 7.16. The van der Waals surface area contributed by atoms with Gasteiger partial charge in [-0.15, -0.1) is 0 Å². The molecule has 0 unspecified atom stereocenters. The molecule has 0 radical (unpaired) electrons. The summed E-state index contributed by atoms with van der Waals surface area (Å²) in [6.07, 6.45) is 4.17. The molecular weight excluding hydrogens is 232 g/mol. The molecule has 1 aliphatic rings. The number of halogens is 1. The van der Waals surface area contributed by atoms with Crippen molar-refractivity contribution in [1.29, 1.82) is 0 Å². The lowest BCUT2D eigenvalue weighted by atomic mass is 10.4. The second kappa shape index (κ2) is 3.54. The van der Waals surface area contributed by atoms with E-state index in [0.29, 0.717) is 11.6 Å². The summed E-state index contributed by atoms with van der Waals surface area (Å²) in [6.45, 7) is 0.773. The fraction of sp³-hybridized carbons (Fsp3) is 0.444. The molecule has 0 atom stereocenters. The third-order valence-corrected chi connectivity index (χ3v) is 2.55. The zero-order chi connectivity index (χ0) is 9.26. The number of aromatic nitrogens is 1. The zero-order valence-corrected chi connectivity index (χ0v) is 8.75. The van der Waals surface area contributed by atoms with Gasteiger partial charge in [-0.1, -0.05) is 0 Å². The van der Waals surface area contributed by atoms with Crippen LogP contribution in [0.1, 0.15) is 12.8 Å². The number of hydrogen-bond donors (Lipinski definition) is 1. The second-order valence-electron chi connectivity index (χ2n) is 3.31. The minimum Gasteiger partial charge on any atom is -0.477 e. The number of nitrogen functional groups attached to an aromatic ring is 1. The number of rotatable bonds is 3. The fourth-order valence-corrected chi connectivity index (χ4v) is 1.51. The van der Waals surface area contributed by atoms with Gasteiger partial charge in [-0.3, -0.25) is 0 Å². The first-order chi connectivity index (χ1) is 6.25. The van der Waals surface area contributed by atoms with Gasteiger partial charge in [0.15, 0.2) is 0 Å². The first-order valence-electron chi connectivity index (χ1n) is 4.29. The summed E-state index contributed by atoms with van der Waals surface area (Å²) in [5.74, 6) is 1.38. The van der Waals surface area contributed by atoms with Gasteiger partial charge in [0, 0.05) is 0 Å². The van der Waals surface area contributed by atoms with E-state index in [4.69, 9.17) is 10.5 Å². The van der Waals surface area contributed by atoms with Gasteiger partial charge in [0.2, 0.25) is 5.88 Å². The predicted molar refractivity (Wildman–Crippen MR) is 54.6 cm³/mol. The summed E-state index contributed by atoms with van der Waals surface area (Å²) in [4.78, 5) is 4.08. The van der Waals surface area contributed by atoms with Crippen molar-refractivity contribution in [2.75, 3.05) is 12.3 Å². The number of hydrogen-bond acceptors (Lipinski definition) is 3. The van der Waals surface area contributed by atoms with E-state index in [-0.39, 0.29) is 0 Å². The Bertz CT molecular complexity index is 312. The second-order valence-corrected chi connectivity index (χ2v) is 4.16. The third-order valence-electron chi connectivity index (χ3n) is 1.98. The van der Waals surface area contributed by atoms with Crippen LogP contribution >= 0.6 is 15.9 Å². The lowest BCUT2D eigenvalue weighted by Gasteiger charge is -2.05. The summed E-state index contributed by atoms with van der Waals surface area (Å²) in [7, 11) is 0. The van der Waals surface area contributed by atoms with Gasteiger partial charge in [-0.25, -0.2) is 4.98 Å². The summed E-state index contributed by atoms with van der Waals surface area (Å²) >= 11 is 3.35. The third kappa shape index (κ3) is 2.34. The molecule has 4 heteroatoms. The van der Waals surface area contributed by atoms with Crippen molar-refractivity contribution in [2.24, 2.45) is 5.92 Å². The summed E-state index contributed by atoms with van der Waals surface area (Å²) < 4.78 is 6.33. The van der Waals surface area contributed by atoms with Gasteiger partial charge < -0.3 is 10.5 Å². The molecule has 2 rings (SSSR count). The maximum Gasteiger partial charge on any atom is 0.228 e. The Morgan fingerprint density at radius 2 is 2.38 bits per heavy atom. The molecule has 70 valence electrons. The first kappa shape index (κ1) is 8.81. The van der Waals surface area contributed by atoms with Crippen molar-refractivity contribution in [2.45, 2.75) is 12.8 Å². The lowest BCUT2D eigenvalue weighted by molar-refractivity contribution is 0.286. The van der Waals surface area contributed by atoms with Crippen LogP contribution in [0.15, 0.2) is 16.7 Å². The Morgan fingerprint density at radius 1 is 1.62 bits per heavy atom. The Morgan fingerprint density at radius 3 is 3.00 bits per heavy atom. The van der Waals surface area contributed by atoms with Crippen LogP contribution < -0.4 is 10.5 Å². The van der Waals surface area contributed by atoms with E-state index in [1.807, 2.05) is 0 Å². The Labute approximate surface area is 85.4 Å². The smallest absolute Gasteiger partial charge is 0.228 e. The highest BCUT2D eigenvalue weighted by atomic mass is 79.9. The largest absolute Gasteiger partial charge is 0.477 e. The number of ether oxygens (including phenoxy) is 1. The number of nitrogens with two attached hydrogens (primary N) is 1. The molecule has 1 saturated carbocycles. The summed E-state index contributed by atoms with van der Waals surface area (Å²) in [6, 6.07) is 1.80. The lowest BCUT2D eigenvalue weighted by Crippen LogP contribution is -2.01. The van der Waals surface area contributed by atoms with Crippen molar-refractivity contribution >= 4 is 21.6 Å². The highest BCUT2D eigenvalue weighted by Crippen LogP contribution is 2.31. The molecule has 1 aliphatic carbocycles. The molecular formula is C9H11BrN2O. The monoisotopic (exact) mass is 242 g/mol. The molecule has 1 fully saturated rings. The molecule has 1 heterocycles. The molecule has 0 spiro atoms. The van der Waals surface area contributed by atoms with Gasteiger partial charge in [0.25, 0.3) is 0 Å². The van der Waals surface area contributed by atoms with Crippen molar-refractivity contribution < 1.29 is 4.74 Å². The summed E-state index contributed by atoms with van der Waals surface area (Å²) in [5, 5.41) is 0. The van der Waals surface area contributed by atoms with Crippen LogP contribution in [0, 0.1) is 5.92 Å². The molecule has 13 heavy (non-hydrogen) atoms. The molecule has 1 aromatic heterocycles. The standard InChI is InChI=1S/C9H11BrN2O/c10-8-3-7(11)4-12-9(8)13-5-6-1-2-6/h3-4,6H,1-2,5,11H2. The van der Waals surface area contributed by atoms with E-state index >= 15 is 0 Å². The van der Waals surface area contributed by atoms with Crippen molar-refractivity contribution in [1.82, 2.24) is 4.98 Å². The summed E-state index contributed by atoms with van der Waals surface area (Å²) in [5.41, 5.74) is 6.19. The van der Waals surface area contributed by atoms with E-state index < -0.39 is 0 Å². The number of anilines is 1. The van der Waals surface area contributed by atoms with E-state index in [9.17, 15) is 0 Å². The average molecular weight is 243 g/mol. The maximum atomic E-state index is 5.55. The van der Waals surface area contributed by atoms with Gasteiger partial charge in [0.1, 0.15) is 0 Å². The molecule has 0 aromatic carbocycles. The van der Waals surface area contributed by atoms with Gasteiger partial charge in [0.05, 0.1) is 23.0 Å². The molecule has 0 saturated heterocycles. The van der Waals surface area contributed by atoms with E-state index in [2.05, 4.69) is 20.9 Å². The highest BCUT2D eigenvalue weighted by molar-refractivity contribution is 9.10. The molecule has 1 aromatic rings. The highest BCUT2D eigenvalue weighted by Gasteiger charge is 2.22. The topological polar surface area (TPSA) is 48.1 Å². The van der Waals surface area contributed by atoms with Crippen molar-refractivity contribution in [3.05, 3.63) is 16.7 Å². The average Bonchev–Trinajstić information content (AvgIpc) is 2.86. The van der Waals surface area contributed by atoms with Crippen LogP contribution in [0.25, 0.3) is 0 Å². The fourth-order valence-electron chi connectivity index (χ4n) is 1.03. The SMILES string of the molecule is Nc1cnc(OCC2CC2)c(Br)c1. The minimum atomic E-state index is 0.640. The minimum absolute atomic E-state index is 0.640. The molecule has 2 N–H and O–H groups in total. The molecule has 0 bridgehead atoms. The normalized spacial score (nSPS) is 15.8. The van der Waals surface area contributed by atoms with Crippen LogP contribution in [0.3, 0.4) is 0 Å². The van der Waals surface area contributed by atoms with E-state index in [1.54, 1.807) is 12.3 Å². The van der Waals surface area contributed by atoms with E-state index in [0.717, 1.165) is 17.0 Å². The van der Waals surface area contributed by atoms with Crippen LogP contribution in [-0.4, -0.2) is 11.6 Å². The number of pyridine rings is 1. The number of nitrogens with zero attached hydrogens (tertiary/aromatic N) is 1. The van der Waals surface area contributed by atoms with Crippen molar-refractivity contribution in [3.63, 3.8) is 0 Å². The predicted octanol–water partition coefficient (Wildman–Crippen LogP) is 2.22. The Hall–Kier alpha value is -0.770. The molecule has 0 amide bonds. The van der Waals surface area contributed by atoms with Crippen LogP contribution in [0.4, 0.5) is 5.69 Å². The Balaban J connectivity index is 2.01. The van der Waals surface area contributed by atoms with Gasteiger partial charge in [-0.2, -0.15) is 0 Å². The van der Waals surface area contributed by atoms with Crippen LogP contribution in [0.5, 0.6) is 5.88 Å². The quantitative estimate of drug-likeness (QED) is 0.885.